The molecule has 82 valence electrons. The SMILES string of the molecule is NCC1CCCc2cnc(C3CCC3)n21. The first kappa shape index (κ1) is 9.40. The number of nitrogens with two attached hydrogens (primary N) is 1. The predicted molar refractivity (Wildman–Crippen MR) is 59.8 cm³/mol. The minimum atomic E-state index is 0.520. The monoisotopic (exact) mass is 205 g/mol. The van der Waals surface area contributed by atoms with Gasteiger partial charge < -0.3 is 10.3 Å². The zero-order valence-corrected chi connectivity index (χ0v) is 9.15. The van der Waals surface area contributed by atoms with Crippen molar-refractivity contribution in [3.63, 3.8) is 0 Å². The molecule has 0 saturated heterocycles. The van der Waals surface area contributed by atoms with Crippen molar-refractivity contribution in [1.82, 2.24) is 9.55 Å². The second-order valence-electron chi connectivity index (χ2n) is 4.89. The average Bonchev–Trinajstić information content (AvgIpc) is 2.59. The molecule has 2 N–H and O–H groups in total. The molecule has 1 aromatic heterocycles. The standard InChI is InChI=1S/C12H19N3/c13-7-10-5-2-6-11-8-14-12(15(10)11)9-3-1-4-9/h8-10H,1-7,13H2. The summed E-state index contributed by atoms with van der Waals surface area (Å²) >= 11 is 0. The molecule has 15 heavy (non-hydrogen) atoms. The van der Waals surface area contributed by atoms with E-state index < -0.39 is 0 Å². The Morgan fingerprint density at radius 2 is 2.20 bits per heavy atom. The number of nitrogens with zero attached hydrogens (tertiary/aromatic N) is 2. The summed E-state index contributed by atoms with van der Waals surface area (Å²) < 4.78 is 2.45. The average molecular weight is 205 g/mol. The van der Waals surface area contributed by atoms with Crippen LogP contribution in [-0.4, -0.2) is 16.1 Å². The molecule has 1 unspecified atom stereocenters. The molecule has 0 radical (unpaired) electrons. The zero-order valence-electron chi connectivity index (χ0n) is 9.15. The lowest BCUT2D eigenvalue weighted by Gasteiger charge is -2.31. The van der Waals surface area contributed by atoms with E-state index in [-0.39, 0.29) is 0 Å². The van der Waals surface area contributed by atoms with E-state index in [1.165, 1.54) is 50.0 Å². The minimum Gasteiger partial charge on any atom is -0.328 e. The van der Waals surface area contributed by atoms with Crippen LogP contribution in [0.2, 0.25) is 0 Å². The fraction of sp³-hybridized carbons (Fsp3) is 0.750. The van der Waals surface area contributed by atoms with Gasteiger partial charge in [-0.3, -0.25) is 0 Å². The Kier molecular flexibility index (Phi) is 2.28. The van der Waals surface area contributed by atoms with Crippen molar-refractivity contribution in [2.75, 3.05) is 6.54 Å². The van der Waals surface area contributed by atoms with Crippen molar-refractivity contribution in [3.05, 3.63) is 17.7 Å². The molecule has 1 saturated carbocycles. The molecule has 2 heterocycles. The van der Waals surface area contributed by atoms with E-state index in [9.17, 15) is 0 Å². The highest BCUT2D eigenvalue weighted by Crippen LogP contribution is 2.38. The van der Waals surface area contributed by atoms with Crippen molar-refractivity contribution in [2.24, 2.45) is 5.73 Å². The van der Waals surface area contributed by atoms with E-state index in [2.05, 4.69) is 15.7 Å². The first-order valence-electron chi connectivity index (χ1n) is 6.16. The number of hydrogen-bond donors (Lipinski definition) is 1. The van der Waals surface area contributed by atoms with Crippen LogP contribution in [0, 0.1) is 0 Å². The Morgan fingerprint density at radius 1 is 1.33 bits per heavy atom. The molecule has 1 fully saturated rings. The van der Waals surface area contributed by atoms with Gasteiger partial charge in [0.15, 0.2) is 0 Å². The van der Waals surface area contributed by atoms with Crippen molar-refractivity contribution in [3.8, 4) is 0 Å². The van der Waals surface area contributed by atoms with Crippen molar-refractivity contribution >= 4 is 0 Å². The van der Waals surface area contributed by atoms with Gasteiger partial charge >= 0.3 is 0 Å². The first-order valence-corrected chi connectivity index (χ1v) is 6.16. The summed E-state index contributed by atoms with van der Waals surface area (Å²) in [6.07, 6.45) is 9.81. The van der Waals surface area contributed by atoms with E-state index in [1.54, 1.807) is 0 Å². The van der Waals surface area contributed by atoms with E-state index >= 15 is 0 Å². The molecule has 1 aromatic rings. The number of aromatic nitrogens is 2. The summed E-state index contributed by atoms with van der Waals surface area (Å²) in [4.78, 5) is 4.63. The topological polar surface area (TPSA) is 43.8 Å². The van der Waals surface area contributed by atoms with Crippen LogP contribution < -0.4 is 5.73 Å². The van der Waals surface area contributed by atoms with Gasteiger partial charge in [-0.05, 0) is 32.1 Å². The largest absolute Gasteiger partial charge is 0.328 e. The van der Waals surface area contributed by atoms with Crippen LogP contribution in [0.15, 0.2) is 6.20 Å². The Balaban J connectivity index is 1.97. The molecule has 1 atom stereocenters. The van der Waals surface area contributed by atoms with Gasteiger partial charge in [0.1, 0.15) is 5.82 Å². The van der Waals surface area contributed by atoms with E-state index in [0.717, 1.165) is 12.5 Å². The van der Waals surface area contributed by atoms with Gasteiger partial charge in [0.05, 0.1) is 0 Å². The highest BCUT2D eigenvalue weighted by Gasteiger charge is 2.29. The predicted octanol–water partition coefficient (Wildman–Crippen LogP) is 1.99. The molecule has 0 spiro atoms. The quantitative estimate of drug-likeness (QED) is 0.802. The van der Waals surface area contributed by atoms with Crippen LogP contribution in [0.5, 0.6) is 0 Å². The molecule has 3 rings (SSSR count). The number of hydrogen-bond acceptors (Lipinski definition) is 2. The molecule has 0 aromatic carbocycles. The van der Waals surface area contributed by atoms with Crippen molar-refractivity contribution < 1.29 is 0 Å². The molecule has 1 aliphatic heterocycles. The molecular formula is C12H19N3. The molecular weight excluding hydrogens is 186 g/mol. The minimum absolute atomic E-state index is 0.520. The number of imidazole rings is 1. The van der Waals surface area contributed by atoms with Crippen LogP contribution in [-0.2, 0) is 6.42 Å². The van der Waals surface area contributed by atoms with Gasteiger partial charge in [0.25, 0.3) is 0 Å². The lowest BCUT2D eigenvalue weighted by atomic mass is 9.84. The lowest BCUT2D eigenvalue weighted by molar-refractivity contribution is 0.341. The maximum Gasteiger partial charge on any atom is 0.112 e. The molecule has 0 amide bonds. The summed E-state index contributed by atoms with van der Waals surface area (Å²) in [5.41, 5.74) is 7.27. The van der Waals surface area contributed by atoms with E-state index in [1.807, 2.05) is 0 Å². The number of fused-ring (bicyclic) bond motifs is 1. The summed E-state index contributed by atoms with van der Waals surface area (Å²) in [5, 5.41) is 0. The first-order chi connectivity index (χ1) is 7.40. The highest BCUT2D eigenvalue weighted by atomic mass is 15.1. The highest BCUT2D eigenvalue weighted by molar-refractivity contribution is 5.15. The van der Waals surface area contributed by atoms with E-state index in [0.29, 0.717) is 6.04 Å². The third kappa shape index (κ3) is 1.41. The number of aryl methyl sites for hydroxylation is 1. The Hall–Kier alpha value is -0.830. The maximum atomic E-state index is 5.86. The van der Waals surface area contributed by atoms with Crippen LogP contribution in [0.1, 0.15) is 55.6 Å². The van der Waals surface area contributed by atoms with Crippen LogP contribution in [0.3, 0.4) is 0 Å². The molecule has 3 nitrogen and oxygen atoms in total. The van der Waals surface area contributed by atoms with Crippen LogP contribution in [0.25, 0.3) is 0 Å². The van der Waals surface area contributed by atoms with Gasteiger partial charge in [-0.2, -0.15) is 0 Å². The smallest absolute Gasteiger partial charge is 0.112 e. The number of rotatable bonds is 2. The summed E-state index contributed by atoms with van der Waals surface area (Å²) in [5.74, 6) is 2.05. The maximum absolute atomic E-state index is 5.86. The molecule has 3 heteroatoms. The fourth-order valence-corrected chi connectivity index (χ4v) is 2.86. The van der Waals surface area contributed by atoms with Gasteiger partial charge in [0, 0.05) is 30.4 Å². The second kappa shape index (κ2) is 3.63. The third-order valence-corrected chi connectivity index (χ3v) is 3.98. The lowest BCUT2D eigenvalue weighted by Crippen LogP contribution is -2.28. The Bertz CT molecular complexity index is 352. The van der Waals surface area contributed by atoms with Gasteiger partial charge in [-0.25, -0.2) is 4.98 Å². The Morgan fingerprint density at radius 3 is 2.87 bits per heavy atom. The fourth-order valence-electron chi connectivity index (χ4n) is 2.86. The normalized spacial score (nSPS) is 26.1. The van der Waals surface area contributed by atoms with Crippen molar-refractivity contribution in [2.45, 2.75) is 50.5 Å². The van der Waals surface area contributed by atoms with Crippen molar-refractivity contribution in [1.29, 1.82) is 0 Å². The van der Waals surface area contributed by atoms with E-state index in [4.69, 9.17) is 5.73 Å². The van der Waals surface area contributed by atoms with Gasteiger partial charge in [0.2, 0.25) is 0 Å². The molecule has 2 aliphatic rings. The summed E-state index contributed by atoms with van der Waals surface area (Å²) in [7, 11) is 0. The van der Waals surface area contributed by atoms with Gasteiger partial charge in [-0.1, -0.05) is 6.42 Å². The van der Waals surface area contributed by atoms with Crippen LogP contribution >= 0.6 is 0 Å². The molecule has 1 aliphatic carbocycles. The summed E-state index contributed by atoms with van der Waals surface area (Å²) in [6, 6.07) is 0.520. The second-order valence-corrected chi connectivity index (χ2v) is 4.89. The van der Waals surface area contributed by atoms with Gasteiger partial charge in [-0.15, -0.1) is 0 Å². The third-order valence-electron chi connectivity index (χ3n) is 3.98. The molecule has 0 bridgehead atoms. The Labute approximate surface area is 90.7 Å². The van der Waals surface area contributed by atoms with Crippen LogP contribution in [0.4, 0.5) is 0 Å². The summed E-state index contributed by atoms with van der Waals surface area (Å²) in [6.45, 7) is 0.767. The zero-order chi connectivity index (χ0) is 10.3.